The van der Waals surface area contributed by atoms with Crippen LogP contribution in [-0.2, 0) is 27.1 Å². The Labute approximate surface area is 146 Å². The van der Waals surface area contributed by atoms with Crippen LogP contribution in [0.15, 0.2) is 60.7 Å². The smallest absolute Gasteiger partial charge is 0.450 e. The molecule has 0 aromatic heterocycles. The normalized spacial score (nSPS) is 11.4. The average Bonchev–Trinajstić information content (AvgIpc) is 2.60. The van der Waals surface area contributed by atoms with Crippen LogP contribution in [0.3, 0.4) is 0 Å². The highest BCUT2D eigenvalue weighted by molar-refractivity contribution is 5.61. The fraction of sp³-hybridized carbons (Fsp3) is 0.263. The first-order valence-corrected chi connectivity index (χ1v) is 7.94. The van der Waals surface area contributed by atoms with Crippen molar-refractivity contribution in [3.8, 4) is 0 Å². The van der Waals surface area contributed by atoms with Crippen molar-refractivity contribution >= 4 is 12.3 Å². The number of carbonyl (C=O) groups excluding carboxylic acids is 1. The third kappa shape index (κ3) is 7.39. The molecule has 25 heavy (non-hydrogen) atoms. The van der Waals surface area contributed by atoms with Crippen molar-refractivity contribution in [2.45, 2.75) is 25.6 Å². The molecule has 1 atom stereocenters. The van der Waals surface area contributed by atoms with Crippen LogP contribution in [0.4, 0.5) is 9.59 Å². The molecule has 0 amide bonds. The van der Waals surface area contributed by atoms with Crippen LogP contribution < -0.4 is 0 Å². The lowest BCUT2D eigenvalue weighted by Crippen LogP contribution is -2.26. The van der Waals surface area contributed by atoms with E-state index in [1.165, 1.54) is 0 Å². The van der Waals surface area contributed by atoms with Gasteiger partial charge in [0.1, 0.15) is 0 Å². The van der Waals surface area contributed by atoms with E-state index >= 15 is 0 Å². The van der Waals surface area contributed by atoms with Crippen LogP contribution in [0, 0.1) is 0 Å². The van der Waals surface area contributed by atoms with Crippen LogP contribution in [0.2, 0.25) is 0 Å². The summed E-state index contributed by atoms with van der Waals surface area (Å²) in [6.45, 7) is 0.179. The fourth-order valence-corrected chi connectivity index (χ4v) is 2.24. The van der Waals surface area contributed by atoms with Gasteiger partial charge in [0, 0.05) is 6.42 Å². The summed E-state index contributed by atoms with van der Waals surface area (Å²) in [6.07, 6.45) is -2.18. The maximum atomic E-state index is 11.7. The van der Waals surface area contributed by atoms with Crippen LogP contribution in [0.1, 0.15) is 17.5 Å². The number of carbonyl (C=O) groups is 2. The van der Waals surface area contributed by atoms with Crippen LogP contribution in [0.25, 0.3) is 0 Å². The maximum absolute atomic E-state index is 11.7. The summed E-state index contributed by atoms with van der Waals surface area (Å²) in [5.41, 5.74) is 1.93. The molecule has 0 fully saturated rings. The Bertz CT molecular complexity index is 656. The van der Waals surface area contributed by atoms with Gasteiger partial charge in [0.25, 0.3) is 6.29 Å². The molecule has 1 unspecified atom stereocenters. The Balaban J connectivity index is 1.75. The van der Waals surface area contributed by atoms with Crippen molar-refractivity contribution in [3.63, 3.8) is 0 Å². The molecular weight excluding hydrogens is 324 g/mol. The van der Waals surface area contributed by atoms with E-state index in [9.17, 15) is 9.59 Å². The van der Waals surface area contributed by atoms with E-state index in [1.54, 1.807) is 24.3 Å². The van der Waals surface area contributed by atoms with Crippen molar-refractivity contribution in [2.75, 3.05) is 6.61 Å². The second-order valence-corrected chi connectivity index (χ2v) is 5.31. The predicted octanol–water partition coefficient (Wildman–Crippen LogP) is 4.04. The van der Waals surface area contributed by atoms with Gasteiger partial charge in [-0.1, -0.05) is 60.7 Å². The second-order valence-electron chi connectivity index (χ2n) is 5.31. The standard InChI is InChI=1S/C19H20O6/c20-18(21)24-17(14-16-10-5-2-6-11-16)25-19(22)23-13-7-12-15-8-3-1-4-9-15/h1-6,8-11,17H,7,12-14H2,(H,20,21). The van der Waals surface area contributed by atoms with Crippen molar-refractivity contribution in [1.82, 2.24) is 0 Å². The summed E-state index contributed by atoms with van der Waals surface area (Å²) in [4.78, 5) is 22.5. The highest BCUT2D eigenvalue weighted by Crippen LogP contribution is 2.09. The molecule has 0 spiro atoms. The minimum atomic E-state index is -1.52. The van der Waals surface area contributed by atoms with E-state index < -0.39 is 18.6 Å². The van der Waals surface area contributed by atoms with Crippen LogP contribution >= 0.6 is 0 Å². The largest absolute Gasteiger partial charge is 0.511 e. The van der Waals surface area contributed by atoms with Gasteiger partial charge in [0.15, 0.2) is 0 Å². The lowest BCUT2D eigenvalue weighted by Gasteiger charge is -2.16. The first-order valence-electron chi connectivity index (χ1n) is 7.94. The van der Waals surface area contributed by atoms with Gasteiger partial charge in [-0.2, -0.15) is 0 Å². The highest BCUT2D eigenvalue weighted by Gasteiger charge is 2.20. The third-order valence-electron chi connectivity index (χ3n) is 3.38. The number of ether oxygens (including phenoxy) is 3. The maximum Gasteiger partial charge on any atom is 0.511 e. The zero-order valence-corrected chi connectivity index (χ0v) is 13.7. The molecule has 132 valence electrons. The number of hydrogen-bond acceptors (Lipinski definition) is 5. The Morgan fingerprint density at radius 2 is 1.48 bits per heavy atom. The average molecular weight is 344 g/mol. The fourth-order valence-electron chi connectivity index (χ4n) is 2.24. The summed E-state index contributed by atoms with van der Waals surface area (Å²) >= 11 is 0. The summed E-state index contributed by atoms with van der Waals surface area (Å²) < 4.78 is 14.5. The molecule has 0 saturated carbocycles. The first kappa shape index (κ1) is 18.3. The highest BCUT2D eigenvalue weighted by atomic mass is 16.8. The van der Waals surface area contributed by atoms with E-state index in [-0.39, 0.29) is 13.0 Å². The van der Waals surface area contributed by atoms with E-state index in [0.29, 0.717) is 6.42 Å². The van der Waals surface area contributed by atoms with Gasteiger partial charge in [-0.05, 0) is 24.0 Å². The Hall–Kier alpha value is -3.02. The zero-order chi connectivity index (χ0) is 17.9. The second kappa shape index (κ2) is 9.97. The third-order valence-corrected chi connectivity index (χ3v) is 3.38. The van der Waals surface area contributed by atoms with Crippen molar-refractivity contribution in [2.24, 2.45) is 0 Å². The molecule has 0 heterocycles. The number of carboxylic acid groups (broad SMARTS) is 1. The monoisotopic (exact) mass is 344 g/mol. The topological polar surface area (TPSA) is 82.1 Å². The summed E-state index contributed by atoms with van der Waals surface area (Å²) in [5, 5.41) is 8.76. The number of hydrogen-bond donors (Lipinski definition) is 1. The van der Waals surface area contributed by atoms with Gasteiger partial charge in [-0.25, -0.2) is 9.59 Å². The number of aryl methyl sites for hydroxylation is 1. The molecule has 6 nitrogen and oxygen atoms in total. The quantitative estimate of drug-likeness (QED) is 0.442. The minimum Gasteiger partial charge on any atom is -0.450 e. The number of benzene rings is 2. The van der Waals surface area contributed by atoms with Gasteiger partial charge < -0.3 is 19.3 Å². The van der Waals surface area contributed by atoms with Gasteiger partial charge in [0.05, 0.1) is 6.61 Å². The van der Waals surface area contributed by atoms with E-state index in [1.807, 2.05) is 36.4 Å². The van der Waals surface area contributed by atoms with Crippen molar-refractivity contribution in [1.29, 1.82) is 0 Å². The van der Waals surface area contributed by atoms with E-state index in [4.69, 9.17) is 14.6 Å². The van der Waals surface area contributed by atoms with Gasteiger partial charge in [-0.15, -0.1) is 0 Å². The molecule has 0 aliphatic rings. The summed E-state index contributed by atoms with van der Waals surface area (Å²) in [6, 6.07) is 18.8. The molecule has 2 aromatic rings. The van der Waals surface area contributed by atoms with Gasteiger partial charge in [0.2, 0.25) is 0 Å². The first-order chi connectivity index (χ1) is 12.1. The van der Waals surface area contributed by atoms with E-state index in [0.717, 1.165) is 17.5 Å². The van der Waals surface area contributed by atoms with Crippen LogP contribution in [-0.4, -0.2) is 30.3 Å². The van der Waals surface area contributed by atoms with Crippen LogP contribution in [0.5, 0.6) is 0 Å². The molecule has 0 aliphatic carbocycles. The Kier molecular flexibility index (Phi) is 7.31. The lowest BCUT2D eigenvalue weighted by molar-refractivity contribution is -0.0967. The SMILES string of the molecule is O=C(O)OC(Cc1ccccc1)OC(=O)OCCCc1ccccc1. The molecule has 1 N–H and O–H groups in total. The number of rotatable bonds is 8. The van der Waals surface area contributed by atoms with Crippen molar-refractivity contribution < 1.29 is 28.9 Å². The Morgan fingerprint density at radius 1 is 0.880 bits per heavy atom. The molecule has 6 heteroatoms. The Morgan fingerprint density at radius 3 is 2.08 bits per heavy atom. The molecule has 0 aliphatic heterocycles. The lowest BCUT2D eigenvalue weighted by atomic mass is 10.1. The van der Waals surface area contributed by atoms with Crippen molar-refractivity contribution in [3.05, 3.63) is 71.8 Å². The zero-order valence-electron chi connectivity index (χ0n) is 13.7. The molecule has 0 radical (unpaired) electrons. The predicted molar refractivity (Wildman–Crippen MR) is 90.2 cm³/mol. The summed E-state index contributed by atoms with van der Waals surface area (Å²) in [7, 11) is 0. The molecule has 0 saturated heterocycles. The molecule has 0 bridgehead atoms. The van der Waals surface area contributed by atoms with E-state index in [2.05, 4.69) is 4.74 Å². The molecule has 2 rings (SSSR count). The molecule has 2 aromatic carbocycles. The minimum absolute atomic E-state index is 0.117. The van der Waals surface area contributed by atoms with Gasteiger partial charge >= 0.3 is 12.3 Å². The van der Waals surface area contributed by atoms with Gasteiger partial charge in [-0.3, -0.25) is 0 Å². The summed E-state index contributed by atoms with van der Waals surface area (Å²) in [5.74, 6) is 0. The molecular formula is C19H20O6.